The number of halogens is 1. The van der Waals surface area contributed by atoms with Gasteiger partial charge in [-0.1, -0.05) is 49.1 Å². The summed E-state index contributed by atoms with van der Waals surface area (Å²) in [5, 5.41) is 1.99. The van der Waals surface area contributed by atoms with E-state index in [4.69, 9.17) is 7.16 Å². The van der Waals surface area contributed by atoms with Crippen molar-refractivity contribution in [2.45, 2.75) is 56.8 Å². The maximum Gasteiger partial charge on any atom is 0 e. The molecule has 6 heteroatoms. The zero-order valence-corrected chi connectivity index (χ0v) is 30.1. The van der Waals surface area contributed by atoms with E-state index < -0.39 is 30.9 Å². The molecule has 0 aliphatic carbocycles. The van der Waals surface area contributed by atoms with Crippen molar-refractivity contribution in [1.82, 2.24) is 9.97 Å². The van der Waals surface area contributed by atoms with Gasteiger partial charge in [0.2, 0.25) is 0 Å². The van der Waals surface area contributed by atoms with E-state index >= 15 is 0 Å². The van der Waals surface area contributed by atoms with Crippen LogP contribution in [0, 0.1) is 17.9 Å². The second kappa shape index (κ2) is 13.7. The fourth-order valence-corrected chi connectivity index (χ4v) is 8.33. The minimum Gasteiger partial charge on any atom is 0 e. The van der Waals surface area contributed by atoms with Gasteiger partial charge >= 0.3 is 120 Å². The zero-order valence-electron chi connectivity index (χ0n) is 27.6. The number of pyridine rings is 2. The normalized spacial score (nSPS) is 12.7. The van der Waals surface area contributed by atoms with Crippen LogP contribution >= 0.6 is 0 Å². The Morgan fingerprint density at radius 1 is 0.791 bits per heavy atom. The Balaban J connectivity index is 0.000000204. The van der Waals surface area contributed by atoms with Gasteiger partial charge in [-0.3, -0.25) is 0 Å². The molecule has 0 N–H and O–H groups in total. The molecule has 6 rings (SSSR count). The van der Waals surface area contributed by atoms with E-state index in [1.165, 1.54) is 4.40 Å². The van der Waals surface area contributed by atoms with Crippen LogP contribution in [0.4, 0.5) is 4.39 Å². The van der Waals surface area contributed by atoms with E-state index in [1.807, 2.05) is 80.7 Å². The first-order valence-corrected chi connectivity index (χ1v) is 21.5. The average Bonchev–Trinajstić information content (AvgIpc) is 3.35. The van der Waals surface area contributed by atoms with Crippen LogP contribution in [0.15, 0.2) is 89.6 Å². The summed E-state index contributed by atoms with van der Waals surface area (Å²) in [6.45, 7) is 7.22. The van der Waals surface area contributed by atoms with Crippen molar-refractivity contribution in [3.63, 3.8) is 0 Å². The van der Waals surface area contributed by atoms with Gasteiger partial charge in [-0.05, 0) is 23.2 Å². The van der Waals surface area contributed by atoms with E-state index in [2.05, 4.69) is 45.4 Å². The van der Waals surface area contributed by atoms with Crippen LogP contribution < -0.4 is 4.40 Å². The summed E-state index contributed by atoms with van der Waals surface area (Å²) in [6.07, 6.45) is 3.16. The fourth-order valence-electron chi connectivity index (χ4n) is 5.01. The number of hydrogen-bond donors (Lipinski definition) is 0. The number of aromatic nitrogens is 2. The standard InChI is InChI=1S/C20H15FNO.C17H22GeN.Ir/c1-12(2)16-10-18(22-11-17(16)21)15-8-5-7-14-13-6-3-4-9-19(13)23-20(14)15;1-13(2)15-11-17(14-9-7-6-8-10-14)19-12-16(15)18(3,4)5;/h3-7,9-12H,1-2H3;6-9,11-13H,1-5H3;/q2*-1;/i12D;13D;. The van der Waals surface area contributed by atoms with Crippen molar-refractivity contribution in [1.29, 1.82) is 0 Å². The number of nitrogens with zero attached hydrogens (tertiary/aromatic N) is 2. The maximum atomic E-state index is 14.0. The number of para-hydroxylation sites is 1. The van der Waals surface area contributed by atoms with Crippen LogP contribution in [-0.2, 0) is 20.1 Å². The van der Waals surface area contributed by atoms with Crippen molar-refractivity contribution in [3.8, 4) is 22.5 Å². The van der Waals surface area contributed by atoms with Crippen molar-refractivity contribution < 1.29 is 31.7 Å². The predicted molar refractivity (Wildman–Crippen MR) is 175 cm³/mol. The van der Waals surface area contributed by atoms with Gasteiger partial charge in [0.15, 0.2) is 0 Å². The third-order valence-corrected chi connectivity index (χ3v) is 11.5. The summed E-state index contributed by atoms with van der Waals surface area (Å²) < 4.78 is 37.9. The molecule has 1 radical (unpaired) electrons. The maximum absolute atomic E-state index is 14.0. The summed E-state index contributed by atoms with van der Waals surface area (Å²) in [7, 11) is 0. The van der Waals surface area contributed by atoms with Crippen molar-refractivity contribution in [2.24, 2.45) is 0 Å². The molecule has 3 aromatic heterocycles. The molecule has 0 aliphatic heterocycles. The topological polar surface area (TPSA) is 38.9 Å². The Morgan fingerprint density at radius 2 is 1.47 bits per heavy atom. The van der Waals surface area contributed by atoms with Crippen LogP contribution in [0.3, 0.4) is 0 Å². The first kappa shape index (κ1) is 29.9. The molecule has 43 heavy (non-hydrogen) atoms. The molecule has 0 spiro atoms. The van der Waals surface area contributed by atoms with Crippen LogP contribution in [0.2, 0.25) is 17.3 Å². The van der Waals surface area contributed by atoms with Crippen LogP contribution in [0.25, 0.3) is 44.5 Å². The van der Waals surface area contributed by atoms with E-state index in [9.17, 15) is 4.39 Å². The number of benzene rings is 3. The molecule has 0 amide bonds. The molecule has 0 aliphatic rings. The molecule has 6 aromatic rings. The molecule has 0 fully saturated rings. The number of rotatable bonds is 5. The van der Waals surface area contributed by atoms with E-state index in [0.29, 0.717) is 22.4 Å². The Hall–Kier alpha value is -3.12. The number of fused-ring (bicyclic) bond motifs is 3. The third-order valence-electron chi connectivity index (χ3n) is 7.22. The summed E-state index contributed by atoms with van der Waals surface area (Å²) in [4.78, 5) is 8.82. The van der Waals surface area contributed by atoms with Gasteiger partial charge in [-0.2, -0.15) is 0 Å². The van der Waals surface area contributed by atoms with Crippen LogP contribution in [-0.4, -0.2) is 23.2 Å². The van der Waals surface area contributed by atoms with Crippen molar-refractivity contribution in [2.75, 3.05) is 0 Å². The summed E-state index contributed by atoms with van der Waals surface area (Å²) >= 11 is -2.03. The van der Waals surface area contributed by atoms with Gasteiger partial charge in [-0.25, -0.2) is 4.39 Å². The molecule has 0 saturated heterocycles. The average molecular weight is 812 g/mol. The first-order valence-electron chi connectivity index (χ1n) is 15.1. The number of hydrogen-bond acceptors (Lipinski definition) is 3. The van der Waals surface area contributed by atoms with Crippen molar-refractivity contribution >= 4 is 39.6 Å². The van der Waals surface area contributed by atoms with Gasteiger partial charge in [0.05, 0.1) is 11.8 Å². The van der Waals surface area contributed by atoms with E-state index in [1.54, 1.807) is 19.9 Å². The zero-order chi connectivity index (χ0) is 31.9. The molecule has 0 unspecified atom stereocenters. The van der Waals surface area contributed by atoms with Gasteiger partial charge < -0.3 is 9.40 Å². The van der Waals surface area contributed by atoms with Gasteiger partial charge in [0, 0.05) is 26.9 Å². The molecule has 3 heterocycles. The summed E-state index contributed by atoms with van der Waals surface area (Å²) in [5.74, 6) is 4.92. The van der Waals surface area contributed by atoms with Crippen LogP contribution in [0.5, 0.6) is 0 Å². The smallest absolute Gasteiger partial charge is 0 e. The molecule has 0 saturated carbocycles. The second-order valence-electron chi connectivity index (χ2n) is 11.9. The molecule has 0 atom stereocenters. The Morgan fingerprint density at radius 3 is 2.14 bits per heavy atom. The van der Waals surface area contributed by atoms with Gasteiger partial charge in [0.25, 0.3) is 0 Å². The van der Waals surface area contributed by atoms with Crippen molar-refractivity contribution in [3.05, 3.63) is 114 Å². The quantitative estimate of drug-likeness (QED) is 0.129. The SMILES string of the molecule is [2H]C(C)(C)c1cc(-c2[c-]ccc3c2oc2ccccc23)ncc1F.[2H]C(C)(C)c1cc(-c2[c-]cccc2)nc[c]1[Ge]([CH3])([CH3])[CH3].[Ir]. The van der Waals surface area contributed by atoms with E-state index in [-0.39, 0.29) is 20.1 Å². The number of furan rings is 1. The molecular weight excluding hydrogens is 772 g/mol. The minimum absolute atomic E-state index is 0. The molecule has 223 valence electrons. The monoisotopic (exact) mass is 813 g/mol. The first-order chi connectivity index (χ1) is 20.6. The summed E-state index contributed by atoms with van der Waals surface area (Å²) in [5.41, 5.74) is 6.01. The van der Waals surface area contributed by atoms with Gasteiger partial charge in [-0.15, -0.1) is 18.2 Å². The Kier molecular flexibility index (Phi) is 9.52. The molecule has 3 nitrogen and oxygen atoms in total. The largest absolute Gasteiger partial charge is 0 e. The summed E-state index contributed by atoms with van der Waals surface area (Å²) in [6, 6.07) is 29.5. The Bertz CT molecular complexity index is 1940. The van der Waals surface area contributed by atoms with E-state index in [0.717, 1.165) is 39.4 Å². The second-order valence-corrected chi connectivity index (χ2v) is 22.5. The van der Waals surface area contributed by atoms with Gasteiger partial charge in [0.1, 0.15) is 11.4 Å². The third kappa shape index (κ3) is 7.17. The molecule has 0 bridgehead atoms. The Labute approximate surface area is 273 Å². The molecule has 3 aromatic carbocycles. The van der Waals surface area contributed by atoms with Crippen LogP contribution in [0.1, 0.15) is 53.4 Å². The predicted octanol–water partition coefficient (Wildman–Crippen LogP) is 9.93. The molecular formula is C37H37FGeIrN2O-2. The fraction of sp³-hybridized carbons (Fsp3) is 0.243. The minimum atomic E-state index is -2.03.